The van der Waals surface area contributed by atoms with Crippen molar-refractivity contribution in [2.75, 3.05) is 0 Å². The van der Waals surface area contributed by atoms with Crippen molar-refractivity contribution in [3.63, 3.8) is 0 Å². The molecule has 0 saturated heterocycles. The number of alkyl halides is 2. The topological polar surface area (TPSA) is 26.0 Å². The van der Waals surface area contributed by atoms with Crippen molar-refractivity contribution < 1.29 is 8.78 Å². The van der Waals surface area contributed by atoms with Gasteiger partial charge < -0.3 is 5.73 Å². The van der Waals surface area contributed by atoms with Crippen LogP contribution in [0.5, 0.6) is 0 Å². The molecule has 1 atom stereocenters. The lowest BCUT2D eigenvalue weighted by atomic mass is 9.97. The Labute approximate surface area is 88.7 Å². The summed E-state index contributed by atoms with van der Waals surface area (Å²) in [4.78, 5) is 0. The lowest BCUT2D eigenvalue weighted by Crippen LogP contribution is -2.21. The molecular weight excluding hydrogens is 208 g/mol. The Hall–Kier alpha value is -0.670. The van der Waals surface area contributed by atoms with Crippen molar-refractivity contribution in [1.29, 1.82) is 0 Å². The van der Waals surface area contributed by atoms with Gasteiger partial charge in [0.1, 0.15) is 0 Å². The summed E-state index contributed by atoms with van der Waals surface area (Å²) in [7, 11) is 0. The van der Waals surface area contributed by atoms with E-state index in [0.29, 0.717) is 5.56 Å². The van der Waals surface area contributed by atoms with Crippen LogP contribution in [0.1, 0.15) is 22.7 Å². The van der Waals surface area contributed by atoms with Crippen molar-refractivity contribution in [3.05, 3.63) is 34.9 Å². The van der Waals surface area contributed by atoms with Crippen LogP contribution in [0.3, 0.4) is 0 Å². The first-order valence-corrected chi connectivity index (χ1v) is 4.14. The van der Waals surface area contributed by atoms with Crippen LogP contribution in [-0.4, -0.2) is 6.43 Å². The van der Waals surface area contributed by atoms with Crippen LogP contribution >= 0.6 is 12.4 Å². The third kappa shape index (κ3) is 2.66. The molecule has 0 heterocycles. The third-order valence-corrected chi connectivity index (χ3v) is 2.15. The van der Waals surface area contributed by atoms with E-state index in [9.17, 15) is 8.78 Å². The Morgan fingerprint density at radius 2 is 1.57 bits per heavy atom. The molecule has 0 aliphatic rings. The minimum absolute atomic E-state index is 0. The molecule has 1 nitrogen and oxygen atoms in total. The Bertz CT molecular complexity index is 282. The summed E-state index contributed by atoms with van der Waals surface area (Å²) >= 11 is 0. The molecule has 0 saturated carbocycles. The van der Waals surface area contributed by atoms with Crippen LogP contribution in [-0.2, 0) is 0 Å². The lowest BCUT2D eigenvalue weighted by molar-refractivity contribution is 0.116. The van der Waals surface area contributed by atoms with Gasteiger partial charge in [-0.3, -0.25) is 0 Å². The molecule has 0 radical (unpaired) electrons. The molecule has 1 rings (SSSR count). The highest BCUT2D eigenvalue weighted by Gasteiger charge is 2.20. The largest absolute Gasteiger partial charge is 0.319 e. The van der Waals surface area contributed by atoms with E-state index in [1.807, 2.05) is 6.07 Å². The molecule has 2 N–H and O–H groups in total. The maximum absolute atomic E-state index is 12.3. The average Bonchev–Trinajstić information content (AvgIpc) is 2.03. The fourth-order valence-corrected chi connectivity index (χ4v) is 1.48. The van der Waals surface area contributed by atoms with E-state index < -0.39 is 12.5 Å². The van der Waals surface area contributed by atoms with E-state index in [0.717, 1.165) is 11.1 Å². The van der Waals surface area contributed by atoms with E-state index in [2.05, 4.69) is 0 Å². The van der Waals surface area contributed by atoms with E-state index >= 15 is 0 Å². The fraction of sp³-hybridized carbons (Fsp3) is 0.400. The molecule has 80 valence electrons. The monoisotopic (exact) mass is 221 g/mol. The Balaban J connectivity index is 0.00000169. The highest BCUT2D eigenvalue weighted by atomic mass is 35.5. The minimum atomic E-state index is -2.50. The average molecular weight is 222 g/mol. The summed E-state index contributed by atoms with van der Waals surface area (Å²) < 4.78 is 24.7. The molecular formula is C10H14ClF2N. The van der Waals surface area contributed by atoms with Crippen molar-refractivity contribution >= 4 is 12.4 Å². The molecule has 0 unspecified atom stereocenters. The van der Waals surface area contributed by atoms with Gasteiger partial charge in [-0.05, 0) is 30.5 Å². The number of hydrogen-bond donors (Lipinski definition) is 1. The van der Waals surface area contributed by atoms with Gasteiger partial charge in [0.25, 0.3) is 6.43 Å². The number of nitrogens with two attached hydrogens (primary N) is 1. The number of rotatable bonds is 2. The number of aryl methyl sites for hydroxylation is 2. The van der Waals surface area contributed by atoms with Gasteiger partial charge in [-0.2, -0.15) is 0 Å². The van der Waals surface area contributed by atoms with E-state index in [1.54, 1.807) is 26.0 Å². The molecule has 1 aromatic rings. The molecule has 14 heavy (non-hydrogen) atoms. The second-order valence-corrected chi connectivity index (χ2v) is 3.17. The van der Waals surface area contributed by atoms with E-state index in [-0.39, 0.29) is 12.4 Å². The summed E-state index contributed by atoms with van der Waals surface area (Å²) in [6, 6.07) is 4.27. The van der Waals surface area contributed by atoms with Crippen LogP contribution < -0.4 is 5.73 Å². The van der Waals surface area contributed by atoms with Crippen molar-refractivity contribution in [2.24, 2.45) is 5.73 Å². The molecule has 0 bridgehead atoms. The quantitative estimate of drug-likeness (QED) is 0.817. The van der Waals surface area contributed by atoms with Gasteiger partial charge in [0.2, 0.25) is 0 Å². The first-order chi connectivity index (χ1) is 6.04. The number of halogens is 3. The minimum Gasteiger partial charge on any atom is -0.319 e. The van der Waals surface area contributed by atoms with Gasteiger partial charge in [0.05, 0.1) is 6.04 Å². The van der Waals surface area contributed by atoms with Crippen LogP contribution in [0.4, 0.5) is 8.78 Å². The van der Waals surface area contributed by atoms with Gasteiger partial charge in [-0.15, -0.1) is 12.4 Å². The molecule has 4 heteroatoms. The van der Waals surface area contributed by atoms with Gasteiger partial charge in [-0.25, -0.2) is 8.78 Å². The Kier molecular flexibility index (Phi) is 5.02. The van der Waals surface area contributed by atoms with Crippen LogP contribution in [0, 0.1) is 13.8 Å². The molecule has 0 spiro atoms. The van der Waals surface area contributed by atoms with Crippen LogP contribution in [0.25, 0.3) is 0 Å². The van der Waals surface area contributed by atoms with Crippen LogP contribution in [0.2, 0.25) is 0 Å². The first-order valence-electron chi connectivity index (χ1n) is 4.14. The zero-order valence-electron chi connectivity index (χ0n) is 8.13. The molecule has 0 aliphatic carbocycles. The molecule has 0 amide bonds. The summed E-state index contributed by atoms with van der Waals surface area (Å²) in [6.45, 7) is 3.59. The Morgan fingerprint density at radius 3 is 1.93 bits per heavy atom. The standard InChI is InChI=1S/C10H13F2N.ClH/c1-6-4-3-5-7(2)8(6)9(13)10(11)12;/h3-5,9-10H,13H2,1-2H3;1H/t9-;/m0./s1. The third-order valence-electron chi connectivity index (χ3n) is 2.15. The number of hydrogen-bond acceptors (Lipinski definition) is 1. The first kappa shape index (κ1) is 13.3. The van der Waals surface area contributed by atoms with Crippen molar-refractivity contribution in [1.82, 2.24) is 0 Å². The SMILES string of the molecule is Cc1cccc(C)c1[C@H](N)C(F)F.Cl. The summed E-state index contributed by atoms with van der Waals surface area (Å²) in [5, 5.41) is 0. The fourth-order valence-electron chi connectivity index (χ4n) is 1.48. The predicted octanol–water partition coefficient (Wildman–Crippen LogP) is 2.99. The Morgan fingerprint density at radius 1 is 1.14 bits per heavy atom. The maximum atomic E-state index is 12.3. The van der Waals surface area contributed by atoms with E-state index in [4.69, 9.17) is 5.73 Å². The summed E-state index contributed by atoms with van der Waals surface area (Å²) in [5.74, 6) is 0. The van der Waals surface area contributed by atoms with Crippen molar-refractivity contribution in [3.8, 4) is 0 Å². The van der Waals surface area contributed by atoms with Gasteiger partial charge in [0.15, 0.2) is 0 Å². The van der Waals surface area contributed by atoms with Crippen LogP contribution in [0.15, 0.2) is 18.2 Å². The molecule has 0 aliphatic heterocycles. The highest BCUT2D eigenvalue weighted by Crippen LogP contribution is 2.24. The normalized spacial score (nSPS) is 12.4. The van der Waals surface area contributed by atoms with Crippen molar-refractivity contribution in [2.45, 2.75) is 26.3 Å². The second kappa shape index (κ2) is 5.27. The zero-order valence-corrected chi connectivity index (χ0v) is 8.94. The predicted molar refractivity (Wildman–Crippen MR) is 56.1 cm³/mol. The van der Waals surface area contributed by atoms with Gasteiger partial charge in [-0.1, -0.05) is 18.2 Å². The smallest absolute Gasteiger partial charge is 0.257 e. The summed E-state index contributed by atoms with van der Waals surface area (Å²) in [6.07, 6.45) is -2.50. The summed E-state index contributed by atoms with van der Waals surface area (Å²) in [5.41, 5.74) is 7.61. The maximum Gasteiger partial charge on any atom is 0.257 e. The highest BCUT2D eigenvalue weighted by molar-refractivity contribution is 5.85. The van der Waals surface area contributed by atoms with E-state index in [1.165, 1.54) is 0 Å². The lowest BCUT2D eigenvalue weighted by Gasteiger charge is -2.16. The molecule has 1 aromatic carbocycles. The van der Waals surface area contributed by atoms with Gasteiger partial charge in [0, 0.05) is 0 Å². The molecule has 0 aromatic heterocycles. The number of benzene rings is 1. The molecule has 0 fully saturated rings. The van der Waals surface area contributed by atoms with Gasteiger partial charge >= 0.3 is 0 Å². The zero-order chi connectivity index (χ0) is 10.0. The second-order valence-electron chi connectivity index (χ2n) is 3.17.